The normalized spacial score (nSPS) is 26.4. The number of likely N-dealkylation sites (tertiary alicyclic amines) is 3. The molecule has 0 radical (unpaired) electrons. The van der Waals surface area contributed by atoms with Crippen LogP contribution in [0.3, 0.4) is 0 Å². The van der Waals surface area contributed by atoms with Crippen LogP contribution >= 0.6 is 0 Å². The summed E-state index contributed by atoms with van der Waals surface area (Å²) >= 11 is 0. The zero-order chi connectivity index (χ0) is 29.8. The third kappa shape index (κ3) is 7.55. The first kappa shape index (κ1) is 32.3. The molecule has 0 aromatic heterocycles. The first-order valence-electron chi connectivity index (χ1n) is 15.3. The summed E-state index contributed by atoms with van der Waals surface area (Å²) in [4.78, 5) is 60.4. The third-order valence-electron chi connectivity index (χ3n) is 9.23. The second-order valence-corrected chi connectivity index (χ2v) is 13.6. The van der Waals surface area contributed by atoms with Crippen LogP contribution in [-0.2, 0) is 19.2 Å². The Bertz CT molecular complexity index is 919. The SMILES string of the molecule is CC(C)[C@@H](CN1CCCC1C(=O)N1CCCCC1C(=O)O)N(C)C(=O)C(NC(=O)C1CCCCN1C)C(C)(C)C. The summed E-state index contributed by atoms with van der Waals surface area (Å²) in [5.41, 5.74) is -0.484. The predicted octanol–water partition coefficient (Wildman–Crippen LogP) is 2.41. The number of carboxylic acid groups (broad SMARTS) is 1. The summed E-state index contributed by atoms with van der Waals surface area (Å²) in [5, 5.41) is 12.8. The molecule has 10 nitrogen and oxygen atoms in total. The van der Waals surface area contributed by atoms with Gasteiger partial charge in [0.15, 0.2) is 0 Å². The molecule has 228 valence electrons. The predicted molar refractivity (Wildman–Crippen MR) is 155 cm³/mol. The molecule has 3 amide bonds. The highest BCUT2D eigenvalue weighted by Crippen LogP contribution is 2.28. The maximum Gasteiger partial charge on any atom is 0.326 e. The van der Waals surface area contributed by atoms with Crippen molar-refractivity contribution in [1.82, 2.24) is 24.9 Å². The number of nitrogens with one attached hydrogen (secondary N) is 1. The smallest absolute Gasteiger partial charge is 0.326 e. The van der Waals surface area contributed by atoms with Crippen LogP contribution in [0.2, 0.25) is 0 Å². The van der Waals surface area contributed by atoms with Crippen LogP contribution in [0.15, 0.2) is 0 Å². The maximum atomic E-state index is 14.0. The molecule has 3 heterocycles. The first-order valence-corrected chi connectivity index (χ1v) is 15.3. The first-order chi connectivity index (χ1) is 18.7. The van der Waals surface area contributed by atoms with E-state index in [9.17, 15) is 24.3 Å². The van der Waals surface area contributed by atoms with Gasteiger partial charge in [-0.2, -0.15) is 0 Å². The van der Waals surface area contributed by atoms with Crippen LogP contribution in [0.25, 0.3) is 0 Å². The average molecular weight is 564 g/mol. The fourth-order valence-electron chi connectivity index (χ4n) is 6.65. The van der Waals surface area contributed by atoms with Crippen molar-refractivity contribution in [3.05, 3.63) is 0 Å². The minimum absolute atomic E-state index is 0.0929. The lowest BCUT2D eigenvalue weighted by Gasteiger charge is -2.42. The number of hydrogen-bond acceptors (Lipinski definition) is 6. The Morgan fingerprint density at radius 3 is 2.08 bits per heavy atom. The van der Waals surface area contributed by atoms with Crippen LogP contribution in [-0.4, -0.2) is 119 Å². The fourth-order valence-corrected chi connectivity index (χ4v) is 6.65. The van der Waals surface area contributed by atoms with Crippen LogP contribution in [0.1, 0.15) is 86.0 Å². The molecule has 3 aliphatic rings. The van der Waals surface area contributed by atoms with Gasteiger partial charge >= 0.3 is 5.97 Å². The number of nitrogens with zero attached hydrogens (tertiary/aromatic N) is 4. The number of rotatable bonds is 9. The van der Waals surface area contributed by atoms with Gasteiger partial charge in [-0.3, -0.25) is 24.2 Å². The van der Waals surface area contributed by atoms with Gasteiger partial charge in [-0.1, -0.05) is 41.0 Å². The molecule has 0 aliphatic carbocycles. The van der Waals surface area contributed by atoms with E-state index in [-0.39, 0.29) is 41.8 Å². The zero-order valence-corrected chi connectivity index (χ0v) is 25.8. The van der Waals surface area contributed by atoms with Crippen LogP contribution in [0.5, 0.6) is 0 Å². The monoisotopic (exact) mass is 563 g/mol. The second-order valence-electron chi connectivity index (χ2n) is 13.6. The molecule has 0 bridgehead atoms. The van der Waals surface area contributed by atoms with E-state index >= 15 is 0 Å². The van der Waals surface area contributed by atoms with Crippen molar-refractivity contribution in [2.45, 2.75) is 116 Å². The molecule has 0 aromatic rings. The van der Waals surface area contributed by atoms with Crippen molar-refractivity contribution in [2.24, 2.45) is 11.3 Å². The maximum absolute atomic E-state index is 14.0. The summed E-state index contributed by atoms with van der Waals surface area (Å²) in [6.45, 7) is 12.7. The topological polar surface area (TPSA) is 113 Å². The van der Waals surface area contributed by atoms with Crippen molar-refractivity contribution < 1.29 is 24.3 Å². The van der Waals surface area contributed by atoms with E-state index in [2.05, 4.69) is 29.0 Å². The summed E-state index contributed by atoms with van der Waals surface area (Å²) in [6, 6.07) is -2.20. The molecule has 3 saturated heterocycles. The van der Waals surface area contributed by atoms with Crippen LogP contribution < -0.4 is 5.32 Å². The van der Waals surface area contributed by atoms with Gasteiger partial charge in [-0.15, -0.1) is 0 Å². The molecule has 3 rings (SSSR count). The molecule has 5 atom stereocenters. The molecule has 40 heavy (non-hydrogen) atoms. The zero-order valence-electron chi connectivity index (χ0n) is 25.8. The van der Waals surface area contributed by atoms with E-state index in [1.54, 1.807) is 9.80 Å². The summed E-state index contributed by atoms with van der Waals surface area (Å²) in [7, 11) is 3.77. The Balaban J connectivity index is 1.75. The van der Waals surface area contributed by atoms with E-state index in [4.69, 9.17) is 0 Å². The van der Waals surface area contributed by atoms with Crippen molar-refractivity contribution in [1.29, 1.82) is 0 Å². The van der Waals surface area contributed by atoms with E-state index in [1.165, 1.54) is 0 Å². The van der Waals surface area contributed by atoms with Gasteiger partial charge in [0.2, 0.25) is 17.7 Å². The molecule has 0 aromatic carbocycles. The Kier molecular flexibility index (Phi) is 11.0. The minimum atomic E-state index is -0.933. The van der Waals surface area contributed by atoms with Crippen LogP contribution in [0, 0.1) is 11.3 Å². The molecule has 4 unspecified atom stereocenters. The minimum Gasteiger partial charge on any atom is -0.480 e. The molecular weight excluding hydrogens is 510 g/mol. The summed E-state index contributed by atoms with van der Waals surface area (Å²) in [5.74, 6) is -1.13. The van der Waals surface area contributed by atoms with E-state index in [0.717, 1.165) is 51.6 Å². The van der Waals surface area contributed by atoms with Gasteiger partial charge in [0.1, 0.15) is 12.1 Å². The largest absolute Gasteiger partial charge is 0.480 e. The number of carboxylic acids is 1. The van der Waals surface area contributed by atoms with Gasteiger partial charge in [-0.05, 0) is 76.4 Å². The highest BCUT2D eigenvalue weighted by Gasteiger charge is 2.43. The molecule has 2 N–H and O–H groups in total. The Hall–Kier alpha value is -2.20. The Morgan fingerprint density at radius 1 is 0.900 bits per heavy atom. The van der Waals surface area contributed by atoms with Gasteiger partial charge in [-0.25, -0.2) is 4.79 Å². The van der Waals surface area contributed by atoms with E-state index < -0.39 is 23.5 Å². The molecule has 0 saturated carbocycles. The second kappa shape index (κ2) is 13.6. The number of amides is 3. The lowest BCUT2D eigenvalue weighted by Crippen LogP contribution is -2.61. The summed E-state index contributed by atoms with van der Waals surface area (Å²) in [6.07, 6.45) is 6.57. The van der Waals surface area contributed by atoms with Crippen molar-refractivity contribution in [3.63, 3.8) is 0 Å². The third-order valence-corrected chi connectivity index (χ3v) is 9.23. The number of carbonyl (C=O) groups excluding carboxylic acids is 3. The Labute approximate surface area is 240 Å². The van der Waals surface area contributed by atoms with E-state index in [1.807, 2.05) is 34.9 Å². The highest BCUT2D eigenvalue weighted by atomic mass is 16.4. The highest BCUT2D eigenvalue weighted by molar-refractivity contribution is 5.90. The molecule has 3 fully saturated rings. The summed E-state index contributed by atoms with van der Waals surface area (Å²) < 4.78 is 0. The quantitative estimate of drug-likeness (QED) is 0.443. The van der Waals surface area contributed by atoms with Gasteiger partial charge in [0, 0.05) is 26.2 Å². The number of aliphatic carboxylic acids is 1. The van der Waals surface area contributed by atoms with Gasteiger partial charge < -0.3 is 20.2 Å². The van der Waals surface area contributed by atoms with E-state index in [0.29, 0.717) is 25.9 Å². The fraction of sp³-hybridized carbons (Fsp3) is 0.867. The molecule has 10 heteroatoms. The number of hydrogen-bond donors (Lipinski definition) is 2. The van der Waals surface area contributed by atoms with Gasteiger partial charge in [0.05, 0.1) is 12.1 Å². The standard InChI is InChI=1S/C30H53N5O5/c1-20(2)24(19-34-17-12-15-22(34)27(37)35-18-11-9-14-23(35)29(39)40)33(7)28(38)25(30(3,4)5)31-26(36)21-13-8-10-16-32(21)6/h20-25H,8-19H2,1-7H3,(H,31,36)(H,39,40)/t21?,22?,23?,24-,25?/m1/s1. The molecular formula is C30H53N5O5. The van der Waals surface area contributed by atoms with Crippen molar-refractivity contribution >= 4 is 23.7 Å². The van der Waals surface area contributed by atoms with Gasteiger partial charge in [0.25, 0.3) is 0 Å². The van der Waals surface area contributed by atoms with Crippen molar-refractivity contribution in [3.8, 4) is 0 Å². The average Bonchev–Trinajstić information content (AvgIpc) is 3.36. The lowest BCUT2D eigenvalue weighted by molar-refractivity contribution is -0.154. The van der Waals surface area contributed by atoms with Crippen LogP contribution in [0.4, 0.5) is 0 Å². The molecule has 3 aliphatic heterocycles. The van der Waals surface area contributed by atoms with Crippen molar-refractivity contribution in [2.75, 3.05) is 40.3 Å². The lowest BCUT2D eigenvalue weighted by atomic mass is 9.84. The number of likely N-dealkylation sites (N-methyl/N-ethyl adjacent to an activating group) is 2. The number of piperidine rings is 2. The number of carbonyl (C=O) groups is 4. The molecule has 0 spiro atoms. The Morgan fingerprint density at radius 2 is 1.50 bits per heavy atom.